The van der Waals surface area contributed by atoms with Crippen molar-refractivity contribution in [3.05, 3.63) is 59.5 Å². The molecule has 1 aromatic heterocycles. The second-order valence-corrected chi connectivity index (χ2v) is 9.89. The Labute approximate surface area is 202 Å². The number of carbonyl (C=O) groups excluding carboxylic acids is 1. The molecule has 0 spiro atoms. The molecule has 34 heavy (non-hydrogen) atoms. The van der Waals surface area contributed by atoms with Crippen molar-refractivity contribution in [2.45, 2.75) is 59.0 Å². The highest BCUT2D eigenvalue weighted by molar-refractivity contribution is 5.94. The van der Waals surface area contributed by atoms with Crippen LogP contribution in [0.4, 0.5) is 11.5 Å². The number of hydrogen-bond acceptors (Lipinski definition) is 5. The van der Waals surface area contributed by atoms with Gasteiger partial charge in [0.2, 0.25) is 5.91 Å². The maximum Gasteiger partial charge on any atom is 0.222 e. The third-order valence-electron chi connectivity index (χ3n) is 7.23. The van der Waals surface area contributed by atoms with Crippen LogP contribution in [0, 0.1) is 0 Å². The molecule has 1 atom stereocenters. The first-order valence-electron chi connectivity index (χ1n) is 12.6. The fraction of sp³-hybridized carbons (Fsp3) is 0.464. The van der Waals surface area contributed by atoms with E-state index in [1.165, 1.54) is 22.0 Å². The van der Waals surface area contributed by atoms with Gasteiger partial charge in [-0.3, -0.25) is 4.79 Å². The molecule has 0 aliphatic carbocycles. The highest BCUT2D eigenvalue weighted by atomic mass is 16.2. The fourth-order valence-electron chi connectivity index (χ4n) is 5.36. The number of nitrogens with zero attached hydrogens (tertiary/aromatic N) is 5. The van der Waals surface area contributed by atoms with Crippen LogP contribution in [0.2, 0.25) is 0 Å². The summed E-state index contributed by atoms with van der Waals surface area (Å²) in [7, 11) is 0. The van der Waals surface area contributed by atoms with E-state index in [0.717, 1.165) is 56.5 Å². The van der Waals surface area contributed by atoms with Crippen molar-refractivity contribution in [3.8, 4) is 0 Å². The minimum atomic E-state index is 0.185. The maximum atomic E-state index is 12.3. The molecule has 1 amide bonds. The van der Waals surface area contributed by atoms with Gasteiger partial charge in [-0.05, 0) is 24.8 Å². The molecule has 5 rings (SSSR count). The maximum absolute atomic E-state index is 12.3. The summed E-state index contributed by atoms with van der Waals surface area (Å²) in [6.07, 6.45) is 1.49. The van der Waals surface area contributed by atoms with Crippen molar-refractivity contribution in [3.63, 3.8) is 0 Å². The molecule has 3 heterocycles. The number of amides is 1. The van der Waals surface area contributed by atoms with Gasteiger partial charge in [0.25, 0.3) is 0 Å². The molecule has 1 unspecified atom stereocenters. The van der Waals surface area contributed by atoms with Gasteiger partial charge in [-0.15, -0.1) is 0 Å². The van der Waals surface area contributed by atoms with Gasteiger partial charge in [-0.25, -0.2) is 9.97 Å². The van der Waals surface area contributed by atoms with Gasteiger partial charge < -0.3 is 14.7 Å². The van der Waals surface area contributed by atoms with Crippen LogP contribution in [0.5, 0.6) is 0 Å². The average molecular weight is 458 g/mol. The highest BCUT2D eigenvalue weighted by Crippen LogP contribution is 2.34. The Hall–Kier alpha value is -3.15. The van der Waals surface area contributed by atoms with Crippen molar-refractivity contribution in [1.82, 2.24) is 14.9 Å². The van der Waals surface area contributed by atoms with Crippen molar-refractivity contribution in [1.29, 1.82) is 0 Å². The lowest BCUT2D eigenvalue weighted by molar-refractivity contribution is -0.133. The van der Waals surface area contributed by atoms with Crippen LogP contribution in [-0.2, 0) is 17.8 Å². The van der Waals surface area contributed by atoms with Crippen molar-refractivity contribution in [2.24, 2.45) is 0 Å². The summed E-state index contributed by atoms with van der Waals surface area (Å²) < 4.78 is 0. The first kappa shape index (κ1) is 22.6. The van der Waals surface area contributed by atoms with E-state index in [2.05, 4.69) is 73.0 Å². The Morgan fingerprint density at radius 1 is 1.03 bits per heavy atom. The van der Waals surface area contributed by atoms with Crippen LogP contribution in [0.1, 0.15) is 57.1 Å². The smallest absolute Gasteiger partial charge is 0.222 e. The molecule has 0 radical (unpaired) electrons. The summed E-state index contributed by atoms with van der Waals surface area (Å²) in [5.74, 6) is 2.50. The van der Waals surface area contributed by atoms with E-state index in [1.807, 2.05) is 11.8 Å². The molecular weight excluding hydrogens is 422 g/mol. The van der Waals surface area contributed by atoms with E-state index in [9.17, 15) is 4.79 Å². The number of rotatable bonds is 4. The zero-order valence-corrected chi connectivity index (χ0v) is 20.8. The Morgan fingerprint density at radius 2 is 1.82 bits per heavy atom. The Morgan fingerprint density at radius 3 is 2.59 bits per heavy atom. The zero-order valence-electron chi connectivity index (χ0n) is 20.8. The third-order valence-corrected chi connectivity index (χ3v) is 7.23. The van der Waals surface area contributed by atoms with E-state index >= 15 is 0 Å². The largest absolute Gasteiger partial charge is 0.365 e. The molecule has 0 saturated carbocycles. The van der Waals surface area contributed by atoms with Gasteiger partial charge in [0.1, 0.15) is 11.6 Å². The summed E-state index contributed by atoms with van der Waals surface area (Å²) in [5.41, 5.74) is 3.70. The highest BCUT2D eigenvalue weighted by Gasteiger charge is 2.31. The standard InChI is InChI=1S/C28H35N5O/c1-5-26(34)33-16-15-32(17-20(33)4)28-23-13-14-31(18-24(23)29-27(30-28)19(2)3)25-12-8-10-21-9-6-7-11-22(21)25/h6-12,19-20H,5,13-18H2,1-4H3. The Balaban J connectivity index is 1.48. The quantitative estimate of drug-likeness (QED) is 0.565. The van der Waals surface area contributed by atoms with E-state index < -0.39 is 0 Å². The average Bonchev–Trinajstić information content (AvgIpc) is 2.86. The zero-order chi connectivity index (χ0) is 23.8. The van der Waals surface area contributed by atoms with Crippen LogP contribution >= 0.6 is 0 Å². The number of hydrogen-bond donors (Lipinski definition) is 0. The van der Waals surface area contributed by atoms with Gasteiger partial charge in [0, 0.05) is 61.2 Å². The number of carbonyl (C=O) groups is 1. The van der Waals surface area contributed by atoms with Gasteiger partial charge in [-0.1, -0.05) is 57.2 Å². The molecule has 6 heteroatoms. The summed E-state index contributed by atoms with van der Waals surface area (Å²) >= 11 is 0. The third kappa shape index (κ3) is 4.10. The second kappa shape index (κ2) is 9.24. The molecular formula is C28H35N5O. The van der Waals surface area contributed by atoms with E-state index in [-0.39, 0.29) is 17.9 Å². The minimum Gasteiger partial charge on any atom is -0.365 e. The SMILES string of the molecule is CCC(=O)N1CCN(c2nc(C(C)C)nc3c2CCN(c2cccc4ccccc24)C3)CC1C. The summed E-state index contributed by atoms with van der Waals surface area (Å²) in [4.78, 5) is 29.3. The number of anilines is 2. The summed E-state index contributed by atoms with van der Waals surface area (Å²) in [5, 5.41) is 2.56. The first-order valence-corrected chi connectivity index (χ1v) is 12.6. The lowest BCUT2D eigenvalue weighted by Crippen LogP contribution is -2.54. The predicted molar refractivity (Wildman–Crippen MR) is 139 cm³/mol. The molecule has 0 bridgehead atoms. The molecule has 3 aromatic rings. The summed E-state index contributed by atoms with van der Waals surface area (Å²) in [6.45, 7) is 12.6. The van der Waals surface area contributed by atoms with Crippen LogP contribution in [-0.4, -0.2) is 53.0 Å². The van der Waals surface area contributed by atoms with E-state index in [0.29, 0.717) is 6.42 Å². The lowest BCUT2D eigenvalue weighted by atomic mass is 10.0. The van der Waals surface area contributed by atoms with E-state index in [1.54, 1.807) is 0 Å². The van der Waals surface area contributed by atoms with Crippen LogP contribution < -0.4 is 9.80 Å². The minimum absolute atomic E-state index is 0.185. The van der Waals surface area contributed by atoms with Crippen molar-refractivity contribution < 1.29 is 4.79 Å². The number of benzene rings is 2. The topological polar surface area (TPSA) is 52.6 Å². The van der Waals surface area contributed by atoms with Gasteiger partial charge >= 0.3 is 0 Å². The molecule has 0 N–H and O–H groups in total. The molecule has 6 nitrogen and oxygen atoms in total. The molecule has 2 aliphatic rings. The van der Waals surface area contributed by atoms with Crippen LogP contribution in [0.3, 0.4) is 0 Å². The van der Waals surface area contributed by atoms with Gasteiger partial charge in [0.05, 0.1) is 12.2 Å². The number of fused-ring (bicyclic) bond motifs is 2. The molecule has 1 saturated heterocycles. The van der Waals surface area contributed by atoms with Crippen molar-refractivity contribution in [2.75, 3.05) is 36.0 Å². The molecule has 178 valence electrons. The monoisotopic (exact) mass is 457 g/mol. The van der Waals surface area contributed by atoms with Crippen LogP contribution in [0.15, 0.2) is 42.5 Å². The Bertz CT molecular complexity index is 1200. The predicted octanol–water partition coefficient (Wildman–Crippen LogP) is 4.76. The molecule has 2 aliphatic heterocycles. The summed E-state index contributed by atoms with van der Waals surface area (Å²) in [6, 6.07) is 15.3. The van der Waals surface area contributed by atoms with E-state index in [4.69, 9.17) is 9.97 Å². The van der Waals surface area contributed by atoms with Gasteiger partial charge in [-0.2, -0.15) is 0 Å². The normalized spacial score (nSPS) is 18.5. The number of piperazine rings is 1. The fourth-order valence-corrected chi connectivity index (χ4v) is 5.36. The van der Waals surface area contributed by atoms with Crippen molar-refractivity contribution >= 4 is 28.2 Å². The number of aromatic nitrogens is 2. The van der Waals surface area contributed by atoms with Crippen LogP contribution in [0.25, 0.3) is 10.8 Å². The Kier molecular flexibility index (Phi) is 6.15. The molecule has 1 fully saturated rings. The lowest BCUT2D eigenvalue weighted by Gasteiger charge is -2.42. The first-order chi connectivity index (χ1) is 16.5. The van der Waals surface area contributed by atoms with Gasteiger partial charge in [0.15, 0.2) is 0 Å². The second-order valence-electron chi connectivity index (χ2n) is 9.89. The molecule has 2 aromatic carbocycles.